The summed E-state index contributed by atoms with van der Waals surface area (Å²) < 4.78 is 5.41. The van der Waals surface area contributed by atoms with Crippen molar-refractivity contribution in [2.45, 2.75) is 144 Å². The Morgan fingerprint density at radius 1 is 0.776 bits per heavy atom. The predicted molar refractivity (Wildman–Crippen MR) is 196 cm³/mol. The van der Waals surface area contributed by atoms with E-state index in [1.165, 1.54) is 37.7 Å². The van der Waals surface area contributed by atoms with Crippen LogP contribution in [0.15, 0.2) is 12.2 Å². The summed E-state index contributed by atoms with van der Waals surface area (Å²) in [5.74, 6) is 4.07. The molecule has 0 radical (unpaired) electrons. The van der Waals surface area contributed by atoms with E-state index in [1.54, 1.807) is 0 Å². The molecule has 0 unspecified atom stereocenters. The van der Waals surface area contributed by atoms with Gasteiger partial charge in [0.1, 0.15) is 0 Å². The zero-order chi connectivity index (χ0) is 35.0. The van der Waals surface area contributed by atoms with Crippen molar-refractivity contribution in [2.24, 2.45) is 62.6 Å². The van der Waals surface area contributed by atoms with Crippen molar-refractivity contribution in [1.82, 2.24) is 9.80 Å². The number of carbonyl (C=O) groups is 2. The van der Waals surface area contributed by atoms with Crippen molar-refractivity contribution >= 4 is 11.8 Å². The van der Waals surface area contributed by atoms with Gasteiger partial charge in [0, 0.05) is 32.6 Å². The molecule has 0 spiro atoms. The van der Waals surface area contributed by atoms with E-state index in [4.69, 9.17) is 4.74 Å². The van der Waals surface area contributed by atoms with Crippen molar-refractivity contribution in [3.8, 4) is 0 Å². The molecule has 1 N–H and O–H groups in total. The maximum absolute atomic E-state index is 15.0. The van der Waals surface area contributed by atoms with Crippen LogP contribution in [-0.2, 0) is 14.3 Å². The highest BCUT2D eigenvalue weighted by Gasteiger charge is 2.72. The van der Waals surface area contributed by atoms with Crippen LogP contribution in [-0.4, -0.2) is 72.2 Å². The minimum atomic E-state index is -0.230. The van der Waals surface area contributed by atoms with Crippen LogP contribution in [0.4, 0.5) is 0 Å². The second-order valence-electron chi connectivity index (χ2n) is 19.8. The van der Waals surface area contributed by atoms with Gasteiger partial charge in [-0.1, -0.05) is 46.8 Å². The average molecular weight is 679 g/mol. The Morgan fingerprint density at radius 3 is 2.18 bits per heavy atom. The van der Waals surface area contributed by atoms with E-state index in [-0.39, 0.29) is 39.1 Å². The van der Waals surface area contributed by atoms with E-state index < -0.39 is 0 Å². The van der Waals surface area contributed by atoms with Gasteiger partial charge in [-0.15, -0.1) is 0 Å². The third-order valence-corrected chi connectivity index (χ3v) is 17.7. The summed E-state index contributed by atoms with van der Waals surface area (Å²) in [6, 6.07) is 0. The second kappa shape index (κ2) is 12.9. The molecule has 7 rings (SSSR count). The maximum Gasteiger partial charge on any atom is 0.229 e. The van der Waals surface area contributed by atoms with Crippen LogP contribution in [0.5, 0.6) is 0 Å². The number of hydrogen-bond donors (Lipinski definition) is 1. The smallest absolute Gasteiger partial charge is 0.229 e. The number of likely N-dealkylation sites (tertiary alicyclic amines) is 1. The Balaban J connectivity index is 1.06. The van der Waals surface area contributed by atoms with Crippen molar-refractivity contribution in [2.75, 3.05) is 39.4 Å². The van der Waals surface area contributed by atoms with Crippen LogP contribution >= 0.6 is 0 Å². The number of amides is 2. The fourth-order valence-electron chi connectivity index (χ4n) is 14.8. The van der Waals surface area contributed by atoms with Gasteiger partial charge in [-0.3, -0.25) is 9.59 Å². The van der Waals surface area contributed by atoms with E-state index in [0.717, 1.165) is 84.0 Å². The van der Waals surface area contributed by atoms with E-state index in [0.29, 0.717) is 61.0 Å². The molecule has 6 nitrogen and oxygen atoms in total. The summed E-state index contributed by atoms with van der Waals surface area (Å²) in [6.07, 6.45) is 16.2. The number of ether oxygens (including phenoxy) is 1. The lowest BCUT2D eigenvalue weighted by molar-refractivity contribution is -0.247. The minimum Gasteiger partial charge on any atom is -0.393 e. The largest absolute Gasteiger partial charge is 0.393 e. The van der Waals surface area contributed by atoms with Gasteiger partial charge in [0.15, 0.2) is 0 Å². The molecule has 7 aliphatic rings. The molecule has 10 atom stereocenters. The number of aliphatic hydroxyl groups excluding tert-OH is 1. The summed E-state index contributed by atoms with van der Waals surface area (Å²) in [6.45, 7) is 24.1. The van der Waals surface area contributed by atoms with E-state index in [2.05, 4.69) is 53.0 Å². The summed E-state index contributed by atoms with van der Waals surface area (Å²) >= 11 is 0. The number of allylic oxidation sites excluding steroid dienone is 1. The van der Waals surface area contributed by atoms with Gasteiger partial charge in [0.25, 0.3) is 0 Å². The van der Waals surface area contributed by atoms with Crippen molar-refractivity contribution in [3.05, 3.63) is 12.2 Å². The first-order valence-corrected chi connectivity index (χ1v) is 20.7. The second-order valence-corrected chi connectivity index (χ2v) is 19.8. The third-order valence-electron chi connectivity index (χ3n) is 17.7. The van der Waals surface area contributed by atoms with Gasteiger partial charge in [-0.2, -0.15) is 0 Å². The lowest BCUT2D eigenvalue weighted by atomic mass is 9.32. The molecule has 6 heteroatoms. The Hall–Kier alpha value is -1.40. The van der Waals surface area contributed by atoms with Gasteiger partial charge >= 0.3 is 0 Å². The molecule has 0 aromatic heterocycles. The first-order chi connectivity index (χ1) is 23.2. The van der Waals surface area contributed by atoms with Crippen LogP contribution in [0.3, 0.4) is 0 Å². The summed E-state index contributed by atoms with van der Waals surface area (Å²) in [4.78, 5) is 31.9. The van der Waals surface area contributed by atoms with E-state index in [1.807, 2.05) is 4.90 Å². The van der Waals surface area contributed by atoms with Gasteiger partial charge < -0.3 is 19.6 Å². The highest BCUT2D eigenvalue weighted by Crippen LogP contribution is 2.77. The normalized spacial score (nSPS) is 45.1. The third kappa shape index (κ3) is 5.52. The zero-order valence-corrected chi connectivity index (χ0v) is 32.2. The maximum atomic E-state index is 15.0. The van der Waals surface area contributed by atoms with Crippen LogP contribution in [0.1, 0.15) is 138 Å². The highest BCUT2D eigenvalue weighted by molar-refractivity contribution is 5.84. The molecular formula is C43H70N2O4. The summed E-state index contributed by atoms with van der Waals surface area (Å²) in [5, 5.41) is 11.1. The molecular weight excluding hydrogens is 608 g/mol. The first kappa shape index (κ1) is 36.0. The Kier molecular flexibility index (Phi) is 9.49. The van der Waals surface area contributed by atoms with Crippen molar-refractivity contribution < 1.29 is 19.4 Å². The molecule has 2 aliphatic heterocycles. The van der Waals surface area contributed by atoms with Crippen LogP contribution in [0.25, 0.3) is 0 Å². The molecule has 7 fully saturated rings. The molecule has 0 aromatic carbocycles. The quantitative estimate of drug-likeness (QED) is 0.287. The molecule has 276 valence electrons. The lowest BCUT2D eigenvalue weighted by Gasteiger charge is -2.73. The van der Waals surface area contributed by atoms with Crippen LogP contribution in [0, 0.1) is 62.6 Å². The molecule has 0 bridgehead atoms. The SMILES string of the molecule is C=C(C)[C@@H]1CC[C@]2(C(=O)N3CCC(CCCC(=O)N4CCOCC4)CC3)CC[C@]3(C)[C@H](CC[C@@H]4[C@@]5(C)CC[C@H](O)C(C)(C)[C@@H]5CC[C@]43C)[C@@H]12. The molecule has 5 aliphatic carbocycles. The summed E-state index contributed by atoms with van der Waals surface area (Å²) in [7, 11) is 0. The standard InChI is InChI=1S/C43H70N2O4/c1-29(2)31-13-20-43(38(48)45-23-16-30(17-24-45)9-8-10-36(47)44-25-27-49-28-26-44)22-21-41(6)32(37(31)43)11-12-34-40(5)18-15-35(46)39(3,4)33(40)14-19-42(34,41)7/h30-35,37,46H,1,8-28H2,2-7H3/t31-,32+,33-,34+,35-,37+,40-,41+,42+,43-/m0/s1. The summed E-state index contributed by atoms with van der Waals surface area (Å²) in [5.41, 5.74) is 1.81. The predicted octanol–water partition coefficient (Wildman–Crippen LogP) is 8.27. The monoisotopic (exact) mass is 679 g/mol. The Labute approximate surface area is 298 Å². The Morgan fingerprint density at radius 2 is 1.49 bits per heavy atom. The Bertz CT molecular complexity index is 1280. The number of piperidine rings is 1. The highest BCUT2D eigenvalue weighted by atomic mass is 16.5. The van der Waals surface area contributed by atoms with Crippen molar-refractivity contribution in [1.29, 1.82) is 0 Å². The average Bonchev–Trinajstić information content (AvgIpc) is 3.49. The number of nitrogens with zero attached hydrogens (tertiary/aromatic N) is 2. The molecule has 2 saturated heterocycles. The lowest BCUT2D eigenvalue weighted by Crippen LogP contribution is -2.67. The van der Waals surface area contributed by atoms with Gasteiger partial charge in [-0.05, 0) is 154 Å². The molecule has 5 saturated carbocycles. The number of fused-ring (bicyclic) bond motifs is 7. The first-order valence-electron chi connectivity index (χ1n) is 20.7. The zero-order valence-electron chi connectivity index (χ0n) is 32.2. The van der Waals surface area contributed by atoms with Gasteiger partial charge in [0.05, 0.1) is 24.7 Å². The molecule has 2 heterocycles. The van der Waals surface area contributed by atoms with Gasteiger partial charge in [0.2, 0.25) is 11.8 Å². The fraction of sp³-hybridized carbons (Fsp3) is 0.907. The van der Waals surface area contributed by atoms with Crippen LogP contribution in [0.2, 0.25) is 0 Å². The number of aliphatic hydroxyl groups is 1. The van der Waals surface area contributed by atoms with Crippen LogP contribution < -0.4 is 0 Å². The minimum absolute atomic E-state index is 0.0233. The van der Waals surface area contributed by atoms with E-state index >= 15 is 4.79 Å². The number of morpholine rings is 1. The van der Waals surface area contributed by atoms with E-state index in [9.17, 15) is 9.90 Å². The van der Waals surface area contributed by atoms with Crippen molar-refractivity contribution in [3.63, 3.8) is 0 Å². The molecule has 2 amide bonds. The number of rotatable bonds is 6. The molecule has 49 heavy (non-hydrogen) atoms. The topological polar surface area (TPSA) is 70.1 Å². The fourth-order valence-corrected chi connectivity index (χ4v) is 14.8. The number of carbonyl (C=O) groups excluding carboxylic acids is 2. The number of hydrogen-bond acceptors (Lipinski definition) is 4. The molecule has 0 aromatic rings. The van der Waals surface area contributed by atoms with Gasteiger partial charge in [-0.25, -0.2) is 0 Å².